The molecule has 124 valence electrons. The summed E-state index contributed by atoms with van der Waals surface area (Å²) >= 11 is 0. The van der Waals surface area contributed by atoms with Crippen LogP contribution in [-0.4, -0.2) is 19.8 Å². The van der Waals surface area contributed by atoms with E-state index in [1.807, 2.05) is 26.0 Å². The van der Waals surface area contributed by atoms with Gasteiger partial charge in [-0.25, -0.2) is 0 Å². The highest BCUT2D eigenvalue weighted by Crippen LogP contribution is 2.22. The van der Waals surface area contributed by atoms with Gasteiger partial charge in [-0.05, 0) is 64.2 Å². The van der Waals surface area contributed by atoms with E-state index in [-0.39, 0.29) is 6.10 Å². The molecule has 2 heteroatoms. The maximum atomic E-state index is 5.47. The summed E-state index contributed by atoms with van der Waals surface area (Å²) in [6.45, 7) is 13.9. The van der Waals surface area contributed by atoms with Crippen LogP contribution in [0.25, 0.3) is 0 Å². The summed E-state index contributed by atoms with van der Waals surface area (Å²) in [4.78, 5) is 0. The summed E-state index contributed by atoms with van der Waals surface area (Å²) in [5.41, 5.74) is 2.72. The lowest BCUT2D eigenvalue weighted by atomic mass is 9.95. The van der Waals surface area contributed by atoms with E-state index in [2.05, 4.69) is 32.2 Å². The lowest BCUT2D eigenvalue weighted by Gasteiger charge is -2.11. The summed E-state index contributed by atoms with van der Waals surface area (Å²) in [6, 6.07) is 8.12. The SMILES string of the molecule is C=C1CCC1.C=CC.CCO[C@@H](C)Cc1ccc(OC)cc1. The molecule has 1 aliphatic rings. The highest BCUT2D eigenvalue weighted by molar-refractivity contribution is 5.27. The zero-order valence-corrected chi connectivity index (χ0v) is 14.7. The Balaban J connectivity index is 0.000000451. The Morgan fingerprint density at radius 1 is 1.23 bits per heavy atom. The second-order valence-electron chi connectivity index (χ2n) is 5.33. The molecule has 0 spiro atoms. The average Bonchev–Trinajstić information content (AvgIpc) is 2.48. The molecule has 1 fully saturated rings. The normalized spacial score (nSPS) is 13.5. The van der Waals surface area contributed by atoms with Crippen LogP contribution in [0.2, 0.25) is 0 Å². The summed E-state index contributed by atoms with van der Waals surface area (Å²) in [7, 11) is 1.68. The standard InChI is InChI=1S/C12H18O2.C5H8.C3H6/c1-4-14-10(2)9-11-5-7-12(13-3)8-6-11;1-5-3-2-4-5;1-3-2/h5-8,10H,4,9H2,1-3H3;1-4H2;3H,1H2,2H3/t10-;;/m0../s1. The van der Waals surface area contributed by atoms with Gasteiger partial charge in [0, 0.05) is 6.61 Å². The first-order chi connectivity index (χ1) is 10.6. The van der Waals surface area contributed by atoms with E-state index in [1.165, 1.54) is 30.4 Å². The van der Waals surface area contributed by atoms with Crippen molar-refractivity contribution >= 4 is 0 Å². The second kappa shape index (κ2) is 13.1. The summed E-state index contributed by atoms with van der Waals surface area (Å²) in [6.07, 6.45) is 6.96. The highest BCUT2D eigenvalue weighted by Gasteiger charge is 2.03. The first-order valence-electron chi connectivity index (χ1n) is 8.05. The van der Waals surface area contributed by atoms with Gasteiger partial charge in [0.15, 0.2) is 0 Å². The van der Waals surface area contributed by atoms with Gasteiger partial charge >= 0.3 is 0 Å². The van der Waals surface area contributed by atoms with Crippen LogP contribution in [0.15, 0.2) is 49.1 Å². The summed E-state index contributed by atoms with van der Waals surface area (Å²) in [5, 5.41) is 0. The van der Waals surface area contributed by atoms with Crippen LogP contribution in [0.5, 0.6) is 5.75 Å². The fraction of sp³-hybridized carbons (Fsp3) is 0.500. The molecule has 2 rings (SSSR count). The maximum absolute atomic E-state index is 5.47. The van der Waals surface area contributed by atoms with Crippen LogP contribution in [0.3, 0.4) is 0 Å². The highest BCUT2D eigenvalue weighted by atomic mass is 16.5. The van der Waals surface area contributed by atoms with Gasteiger partial charge in [0.2, 0.25) is 0 Å². The van der Waals surface area contributed by atoms with E-state index >= 15 is 0 Å². The van der Waals surface area contributed by atoms with Gasteiger partial charge in [-0.15, -0.1) is 6.58 Å². The molecule has 1 saturated carbocycles. The van der Waals surface area contributed by atoms with Gasteiger partial charge in [-0.1, -0.05) is 30.4 Å². The van der Waals surface area contributed by atoms with Crippen molar-refractivity contribution in [1.82, 2.24) is 0 Å². The van der Waals surface area contributed by atoms with E-state index < -0.39 is 0 Å². The Morgan fingerprint density at radius 2 is 1.73 bits per heavy atom. The number of allylic oxidation sites excluding steroid dienone is 2. The Bertz CT molecular complexity index is 400. The molecule has 1 aromatic carbocycles. The van der Waals surface area contributed by atoms with Crippen molar-refractivity contribution in [3.05, 3.63) is 54.6 Å². The average molecular weight is 304 g/mol. The van der Waals surface area contributed by atoms with Crippen LogP contribution in [0.4, 0.5) is 0 Å². The predicted molar refractivity (Wildman–Crippen MR) is 96.6 cm³/mol. The van der Waals surface area contributed by atoms with Crippen LogP contribution in [0, 0.1) is 0 Å². The molecule has 0 saturated heterocycles. The fourth-order valence-corrected chi connectivity index (χ4v) is 1.86. The van der Waals surface area contributed by atoms with Crippen LogP contribution < -0.4 is 4.74 Å². The van der Waals surface area contributed by atoms with Crippen molar-refractivity contribution in [2.45, 2.75) is 52.6 Å². The Kier molecular flexibility index (Phi) is 12.2. The molecule has 1 aliphatic carbocycles. The quantitative estimate of drug-likeness (QED) is 0.661. The van der Waals surface area contributed by atoms with Crippen molar-refractivity contribution in [1.29, 1.82) is 0 Å². The number of ether oxygens (including phenoxy) is 2. The molecule has 0 aliphatic heterocycles. The molecule has 0 unspecified atom stereocenters. The topological polar surface area (TPSA) is 18.5 Å². The zero-order chi connectivity index (χ0) is 16.8. The van der Waals surface area contributed by atoms with Gasteiger partial charge < -0.3 is 9.47 Å². The van der Waals surface area contributed by atoms with Crippen molar-refractivity contribution in [3.8, 4) is 5.75 Å². The molecule has 0 amide bonds. The first kappa shape index (κ1) is 20.5. The van der Waals surface area contributed by atoms with Gasteiger partial charge in [-0.2, -0.15) is 0 Å². The van der Waals surface area contributed by atoms with Gasteiger partial charge in [0.05, 0.1) is 13.2 Å². The van der Waals surface area contributed by atoms with E-state index in [1.54, 1.807) is 13.2 Å². The molecular formula is C20H32O2. The van der Waals surface area contributed by atoms with E-state index in [0.29, 0.717) is 0 Å². The monoisotopic (exact) mass is 304 g/mol. The zero-order valence-electron chi connectivity index (χ0n) is 14.7. The number of benzene rings is 1. The summed E-state index contributed by atoms with van der Waals surface area (Å²) in [5.74, 6) is 0.901. The predicted octanol–water partition coefficient (Wildman–Crippen LogP) is 5.58. The minimum absolute atomic E-state index is 0.286. The minimum Gasteiger partial charge on any atom is -0.497 e. The first-order valence-corrected chi connectivity index (χ1v) is 8.05. The van der Waals surface area contributed by atoms with E-state index in [0.717, 1.165) is 18.8 Å². The van der Waals surface area contributed by atoms with Crippen molar-refractivity contribution in [2.24, 2.45) is 0 Å². The molecule has 1 atom stereocenters. The fourth-order valence-electron chi connectivity index (χ4n) is 1.86. The minimum atomic E-state index is 0.286. The largest absolute Gasteiger partial charge is 0.497 e. The molecule has 2 nitrogen and oxygen atoms in total. The van der Waals surface area contributed by atoms with Gasteiger partial charge in [0.1, 0.15) is 5.75 Å². The third-order valence-electron chi connectivity index (χ3n) is 3.19. The van der Waals surface area contributed by atoms with Crippen LogP contribution in [-0.2, 0) is 11.2 Å². The van der Waals surface area contributed by atoms with Crippen molar-refractivity contribution in [2.75, 3.05) is 13.7 Å². The molecule has 0 N–H and O–H groups in total. The number of hydrogen-bond donors (Lipinski definition) is 0. The lowest BCUT2D eigenvalue weighted by Crippen LogP contribution is -2.11. The van der Waals surface area contributed by atoms with Crippen molar-refractivity contribution in [3.63, 3.8) is 0 Å². The Hall–Kier alpha value is -1.54. The van der Waals surface area contributed by atoms with Crippen LogP contribution >= 0.6 is 0 Å². The molecule has 0 aromatic heterocycles. The number of methoxy groups -OCH3 is 1. The molecular weight excluding hydrogens is 272 g/mol. The lowest BCUT2D eigenvalue weighted by molar-refractivity contribution is 0.0768. The third-order valence-corrected chi connectivity index (χ3v) is 3.19. The molecule has 0 bridgehead atoms. The smallest absolute Gasteiger partial charge is 0.118 e. The second-order valence-corrected chi connectivity index (χ2v) is 5.33. The van der Waals surface area contributed by atoms with Gasteiger partial charge in [-0.3, -0.25) is 0 Å². The molecule has 1 aromatic rings. The molecule has 22 heavy (non-hydrogen) atoms. The Labute approximate surface area is 136 Å². The summed E-state index contributed by atoms with van der Waals surface area (Å²) < 4.78 is 10.6. The van der Waals surface area contributed by atoms with E-state index in [9.17, 15) is 0 Å². The molecule has 0 heterocycles. The number of rotatable bonds is 5. The third kappa shape index (κ3) is 10.2. The molecule has 0 radical (unpaired) electrons. The van der Waals surface area contributed by atoms with Gasteiger partial charge in [0.25, 0.3) is 0 Å². The Morgan fingerprint density at radius 3 is 2.05 bits per heavy atom. The van der Waals surface area contributed by atoms with Crippen LogP contribution in [0.1, 0.15) is 45.6 Å². The van der Waals surface area contributed by atoms with Crippen molar-refractivity contribution < 1.29 is 9.47 Å². The maximum Gasteiger partial charge on any atom is 0.118 e. The number of hydrogen-bond acceptors (Lipinski definition) is 2. The van der Waals surface area contributed by atoms with E-state index in [4.69, 9.17) is 9.47 Å².